The maximum absolute atomic E-state index is 13.2. The van der Waals surface area contributed by atoms with E-state index in [-0.39, 0.29) is 31.2 Å². The molecule has 2 aromatic carbocycles. The third-order valence-corrected chi connectivity index (χ3v) is 7.17. The van der Waals surface area contributed by atoms with Gasteiger partial charge in [0.25, 0.3) is 0 Å². The Kier molecular flexibility index (Phi) is 20.4. The Bertz CT molecular complexity index is 1320. The maximum Gasteiger partial charge on any atom is 0.243 e. The van der Waals surface area contributed by atoms with Crippen LogP contribution in [0.1, 0.15) is 59.1 Å². The monoisotopic (exact) mass is 709 g/mol. The van der Waals surface area contributed by atoms with E-state index < -0.39 is 42.5 Å². The summed E-state index contributed by atoms with van der Waals surface area (Å²) in [6.45, 7) is 15.3. The molecule has 3 atom stereocenters. The minimum absolute atomic E-state index is 0.143. The molecule has 4 N–H and O–H groups in total. The number of nitrogens with zero attached hydrogens (tertiary/aromatic N) is 1. The molecular weight excluding hydrogens is 650 g/mol. The van der Waals surface area contributed by atoms with Crippen molar-refractivity contribution >= 4 is 29.4 Å². The summed E-state index contributed by atoms with van der Waals surface area (Å²) in [5, 5.41) is 10.7. The number of nitrogens with one attached hydrogen (secondary N) is 4. The van der Waals surface area contributed by atoms with Gasteiger partial charge in [0.2, 0.25) is 23.6 Å². The fourth-order valence-corrected chi connectivity index (χ4v) is 4.67. The lowest BCUT2D eigenvalue weighted by atomic mass is 10.0. The van der Waals surface area contributed by atoms with Gasteiger partial charge in [-0.3, -0.25) is 28.9 Å². The molecule has 282 valence electrons. The number of epoxide rings is 1. The SMILES string of the molecule is CC(C)C.CC(C)C.O=C(CN1CCOCC1)NC(CCc1ccccc1)C(=O)NCC(=O)NC(Cc1ccccc1)C(=O)NCC(=O)C1CO1. The molecule has 4 rings (SSSR count). The van der Waals surface area contributed by atoms with Crippen molar-refractivity contribution in [1.29, 1.82) is 0 Å². The molecule has 12 nitrogen and oxygen atoms in total. The number of benzene rings is 2. The molecule has 4 amide bonds. The molecule has 0 radical (unpaired) electrons. The Labute approximate surface area is 303 Å². The quantitative estimate of drug-likeness (QED) is 0.194. The van der Waals surface area contributed by atoms with E-state index in [0.717, 1.165) is 23.0 Å². The van der Waals surface area contributed by atoms with Crippen molar-refractivity contribution in [2.75, 3.05) is 52.5 Å². The van der Waals surface area contributed by atoms with Crippen LogP contribution >= 0.6 is 0 Å². The molecule has 2 saturated heterocycles. The van der Waals surface area contributed by atoms with Crippen LogP contribution in [-0.2, 0) is 46.3 Å². The lowest BCUT2D eigenvalue weighted by molar-refractivity contribution is -0.132. The number of ketones is 1. The second kappa shape index (κ2) is 24.1. The summed E-state index contributed by atoms with van der Waals surface area (Å²) in [4.78, 5) is 65.7. The topological polar surface area (TPSA) is 158 Å². The van der Waals surface area contributed by atoms with Gasteiger partial charge in [-0.1, -0.05) is 102 Å². The zero-order valence-electron chi connectivity index (χ0n) is 31.2. The number of Topliss-reactive ketones (excluding diaryl/α,β-unsaturated/α-hetero) is 1. The maximum atomic E-state index is 13.2. The number of hydrogen-bond acceptors (Lipinski definition) is 8. The highest BCUT2D eigenvalue weighted by molar-refractivity contribution is 5.95. The number of amides is 4. The minimum Gasteiger partial charge on any atom is -0.379 e. The van der Waals surface area contributed by atoms with Gasteiger partial charge in [0, 0.05) is 19.5 Å². The molecule has 0 bridgehead atoms. The Hall–Kier alpha value is -4.13. The molecule has 51 heavy (non-hydrogen) atoms. The summed E-state index contributed by atoms with van der Waals surface area (Å²) in [5.41, 5.74) is 1.83. The predicted octanol–water partition coefficient (Wildman–Crippen LogP) is 2.69. The van der Waals surface area contributed by atoms with Crippen molar-refractivity contribution in [2.45, 2.75) is 79.0 Å². The van der Waals surface area contributed by atoms with E-state index in [1.54, 1.807) is 0 Å². The highest BCUT2D eigenvalue weighted by Crippen LogP contribution is 2.10. The summed E-state index contributed by atoms with van der Waals surface area (Å²) >= 11 is 0. The van der Waals surface area contributed by atoms with Crippen molar-refractivity contribution in [3.8, 4) is 0 Å². The van der Waals surface area contributed by atoms with Gasteiger partial charge in [-0.05, 0) is 35.8 Å². The van der Waals surface area contributed by atoms with Crippen molar-refractivity contribution < 1.29 is 33.4 Å². The van der Waals surface area contributed by atoms with E-state index >= 15 is 0 Å². The van der Waals surface area contributed by atoms with Gasteiger partial charge in [0.05, 0.1) is 39.5 Å². The van der Waals surface area contributed by atoms with E-state index in [1.165, 1.54) is 0 Å². The Morgan fingerprint density at radius 2 is 1.20 bits per heavy atom. The molecule has 2 aliphatic rings. The van der Waals surface area contributed by atoms with Crippen LogP contribution in [0.5, 0.6) is 0 Å². The van der Waals surface area contributed by atoms with Crippen LogP contribution in [0, 0.1) is 11.8 Å². The fraction of sp³-hybridized carbons (Fsp3) is 0.564. The summed E-state index contributed by atoms with van der Waals surface area (Å²) in [6, 6.07) is 16.9. The first-order valence-electron chi connectivity index (χ1n) is 18.0. The molecule has 3 unspecified atom stereocenters. The number of morpholine rings is 1. The van der Waals surface area contributed by atoms with Crippen LogP contribution in [0.3, 0.4) is 0 Å². The fourth-order valence-electron chi connectivity index (χ4n) is 4.67. The molecule has 2 fully saturated rings. The smallest absolute Gasteiger partial charge is 0.243 e. The number of aryl methyl sites for hydroxylation is 1. The molecule has 0 aromatic heterocycles. The van der Waals surface area contributed by atoms with Crippen molar-refractivity contribution in [2.24, 2.45) is 11.8 Å². The van der Waals surface area contributed by atoms with Gasteiger partial charge in [0.15, 0.2) is 5.78 Å². The number of carbonyl (C=O) groups excluding carboxylic acids is 5. The summed E-state index contributed by atoms with van der Waals surface area (Å²) in [7, 11) is 0. The second-order valence-corrected chi connectivity index (χ2v) is 14.0. The number of hydrogen-bond donors (Lipinski definition) is 4. The average molecular weight is 710 g/mol. The van der Waals surface area contributed by atoms with Crippen LogP contribution in [0.25, 0.3) is 0 Å². The first kappa shape index (κ1) is 43.0. The lowest BCUT2D eigenvalue weighted by Gasteiger charge is -2.27. The molecule has 2 heterocycles. The largest absolute Gasteiger partial charge is 0.379 e. The van der Waals surface area contributed by atoms with E-state index in [2.05, 4.69) is 62.8 Å². The van der Waals surface area contributed by atoms with E-state index in [0.29, 0.717) is 45.8 Å². The Balaban J connectivity index is 0.00000102. The van der Waals surface area contributed by atoms with Gasteiger partial charge < -0.3 is 30.7 Å². The number of rotatable bonds is 16. The third kappa shape index (κ3) is 20.3. The van der Waals surface area contributed by atoms with Gasteiger partial charge in [-0.25, -0.2) is 0 Å². The molecular formula is C39H59N5O7. The molecule has 0 saturated carbocycles. The highest BCUT2D eigenvalue weighted by atomic mass is 16.6. The predicted molar refractivity (Wildman–Crippen MR) is 198 cm³/mol. The van der Waals surface area contributed by atoms with Gasteiger partial charge in [0.1, 0.15) is 18.2 Å². The standard InChI is InChI=1S/C31H39N5O7.2C4H10/c37-26(27-21-43-27)18-32-31(41)25(17-23-9-5-2-6-10-23)35-28(38)19-33-30(40)24(12-11-22-7-3-1-4-8-22)34-29(39)20-36-13-15-42-16-14-36;2*1-4(2)3/h1-10,24-25,27H,11-21H2,(H,32,41)(H,33,40)(H,34,39)(H,35,38);2*4H,1-3H3. The summed E-state index contributed by atoms with van der Waals surface area (Å²) in [6.07, 6.45) is 0.594. The van der Waals surface area contributed by atoms with Crippen molar-refractivity contribution in [3.05, 3.63) is 71.8 Å². The minimum atomic E-state index is -0.971. The number of ether oxygens (including phenoxy) is 2. The normalized spacial score (nSPS) is 16.3. The zero-order chi connectivity index (χ0) is 37.6. The van der Waals surface area contributed by atoms with Crippen LogP contribution in [0.15, 0.2) is 60.7 Å². The first-order chi connectivity index (χ1) is 24.3. The van der Waals surface area contributed by atoms with E-state index in [9.17, 15) is 24.0 Å². The molecule has 0 aliphatic carbocycles. The molecule has 2 aromatic rings. The van der Waals surface area contributed by atoms with E-state index in [1.807, 2.05) is 65.6 Å². The molecule has 0 spiro atoms. The molecule has 12 heteroatoms. The van der Waals surface area contributed by atoms with Crippen LogP contribution in [0.2, 0.25) is 0 Å². The number of carbonyl (C=O) groups is 5. The second-order valence-electron chi connectivity index (χ2n) is 14.0. The van der Waals surface area contributed by atoms with Crippen molar-refractivity contribution in [3.63, 3.8) is 0 Å². The van der Waals surface area contributed by atoms with Gasteiger partial charge in [-0.15, -0.1) is 0 Å². The average Bonchev–Trinajstić information content (AvgIpc) is 3.94. The Morgan fingerprint density at radius 1 is 0.706 bits per heavy atom. The van der Waals surface area contributed by atoms with Gasteiger partial charge >= 0.3 is 0 Å². The van der Waals surface area contributed by atoms with E-state index in [4.69, 9.17) is 9.47 Å². The molecule has 2 aliphatic heterocycles. The third-order valence-electron chi connectivity index (χ3n) is 7.17. The summed E-state index contributed by atoms with van der Waals surface area (Å²) < 4.78 is 10.3. The highest BCUT2D eigenvalue weighted by Gasteiger charge is 2.32. The van der Waals surface area contributed by atoms with Crippen LogP contribution in [-0.4, -0.2) is 105 Å². The van der Waals surface area contributed by atoms with Gasteiger partial charge in [-0.2, -0.15) is 0 Å². The zero-order valence-corrected chi connectivity index (χ0v) is 31.2. The first-order valence-corrected chi connectivity index (χ1v) is 18.0. The van der Waals surface area contributed by atoms with Crippen molar-refractivity contribution in [1.82, 2.24) is 26.2 Å². The van der Waals surface area contributed by atoms with Crippen LogP contribution in [0.4, 0.5) is 0 Å². The lowest BCUT2D eigenvalue weighted by Crippen LogP contribution is -2.54. The Morgan fingerprint density at radius 3 is 1.75 bits per heavy atom. The van der Waals surface area contributed by atoms with Crippen LogP contribution < -0.4 is 21.3 Å². The summed E-state index contributed by atoms with van der Waals surface area (Å²) in [5.74, 6) is -0.454.